The minimum absolute atomic E-state index is 0.0368. The van der Waals surface area contributed by atoms with Crippen molar-refractivity contribution in [1.82, 2.24) is 15.0 Å². The molecule has 1 atom stereocenters. The van der Waals surface area contributed by atoms with E-state index >= 15 is 0 Å². The first-order valence-corrected chi connectivity index (χ1v) is 9.33. The van der Waals surface area contributed by atoms with Crippen LogP contribution in [0.15, 0.2) is 40.9 Å². The number of hydrogen-bond acceptors (Lipinski definition) is 6. The predicted octanol–water partition coefficient (Wildman–Crippen LogP) is 4.09. The molecule has 1 aliphatic heterocycles. The second kappa shape index (κ2) is 6.92. The Morgan fingerprint density at radius 3 is 2.77 bits per heavy atom. The van der Waals surface area contributed by atoms with Crippen molar-refractivity contribution < 1.29 is 14.1 Å². The third-order valence-electron chi connectivity index (χ3n) is 4.54. The quantitative estimate of drug-likeness (QED) is 0.693. The predicted molar refractivity (Wildman–Crippen MR) is 98.4 cm³/mol. The molecule has 4 rings (SSSR count). The fraction of sp³-hybridized carbons (Fsp3) is 0.316. The Hall–Kier alpha value is -2.67. The van der Waals surface area contributed by atoms with Crippen molar-refractivity contribution in [2.75, 3.05) is 13.7 Å². The minimum atomic E-state index is -0.163. The van der Waals surface area contributed by atoms with Crippen molar-refractivity contribution in [3.63, 3.8) is 0 Å². The maximum absolute atomic E-state index is 12.8. The molecule has 7 heteroatoms. The van der Waals surface area contributed by atoms with Crippen molar-refractivity contribution >= 4 is 17.2 Å². The van der Waals surface area contributed by atoms with Gasteiger partial charge in [-0.15, -0.1) is 11.3 Å². The summed E-state index contributed by atoms with van der Waals surface area (Å²) in [5.41, 5.74) is 0.852. The lowest BCUT2D eigenvalue weighted by Crippen LogP contribution is -2.30. The summed E-state index contributed by atoms with van der Waals surface area (Å²) in [5, 5.41) is 4.09. The molecular formula is C19H19N3O3S. The maximum atomic E-state index is 12.8. The van der Waals surface area contributed by atoms with E-state index in [1.54, 1.807) is 7.11 Å². The standard InChI is InChI=1S/C19H19N3O3S/c1-12-5-10-16(26-12)19(23)22-11-3-4-15(22)18-20-17(21-25-18)13-6-8-14(24-2)9-7-13/h5-10,15H,3-4,11H2,1-2H3/t15-/m0/s1. The van der Waals surface area contributed by atoms with Gasteiger partial charge in [0, 0.05) is 17.0 Å². The fourth-order valence-corrected chi connectivity index (χ4v) is 4.01. The van der Waals surface area contributed by atoms with Crippen molar-refractivity contribution in [3.8, 4) is 17.1 Å². The summed E-state index contributed by atoms with van der Waals surface area (Å²) in [6, 6.07) is 11.2. The van der Waals surface area contributed by atoms with Gasteiger partial charge in [0.25, 0.3) is 5.91 Å². The molecule has 3 heterocycles. The minimum Gasteiger partial charge on any atom is -0.497 e. The average Bonchev–Trinajstić information content (AvgIpc) is 3.41. The van der Waals surface area contributed by atoms with Crippen molar-refractivity contribution in [2.24, 2.45) is 0 Å². The zero-order valence-electron chi connectivity index (χ0n) is 14.6. The molecule has 1 fully saturated rings. The molecule has 6 nitrogen and oxygen atoms in total. The largest absolute Gasteiger partial charge is 0.497 e. The highest BCUT2D eigenvalue weighted by Gasteiger charge is 2.35. The number of ether oxygens (including phenoxy) is 1. The molecule has 0 spiro atoms. The number of amides is 1. The van der Waals surface area contributed by atoms with Crippen LogP contribution >= 0.6 is 11.3 Å². The lowest BCUT2D eigenvalue weighted by molar-refractivity contribution is 0.0715. The van der Waals surface area contributed by atoms with Gasteiger partial charge in [-0.05, 0) is 56.2 Å². The Labute approximate surface area is 155 Å². The smallest absolute Gasteiger partial charge is 0.264 e. The SMILES string of the molecule is COc1ccc(-c2noc([C@@H]3CCCN3C(=O)c3ccc(C)s3)n2)cc1. The number of likely N-dealkylation sites (tertiary alicyclic amines) is 1. The van der Waals surface area contributed by atoms with E-state index in [0.717, 1.165) is 33.9 Å². The summed E-state index contributed by atoms with van der Waals surface area (Å²) in [6.07, 6.45) is 1.77. The number of aromatic nitrogens is 2. The van der Waals surface area contributed by atoms with Gasteiger partial charge in [0.05, 0.1) is 12.0 Å². The van der Waals surface area contributed by atoms with Gasteiger partial charge < -0.3 is 14.2 Å². The van der Waals surface area contributed by atoms with E-state index in [1.807, 2.05) is 48.2 Å². The van der Waals surface area contributed by atoms with E-state index in [-0.39, 0.29) is 11.9 Å². The summed E-state index contributed by atoms with van der Waals surface area (Å²) in [7, 11) is 1.63. The Balaban J connectivity index is 1.56. The molecule has 1 aromatic carbocycles. The number of rotatable bonds is 4. The molecule has 0 aliphatic carbocycles. The molecule has 1 amide bonds. The average molecular weight is 369 g/mol. The van der Waals surface area contributed by atoms with Gasteiger partial charge in [-0.3, -0.25) is 4.79 Å². The highest BCUT2D eigenvalue weighted by atomic mass is 32.1. The molecular weight excluding hydrogens is 350 g/mol. The van der Waals surface area contributed by atoms with Gasteiger partial charge in [0.2, 0.25) is 11.7 Å². The van der Waals surface area contributed by atoms with Crippen LogP contribution in [0.5, 0.6) is 5.75 Å². The molecule has 0 bridgehead atoms. The molecule has 1 saturated heterocycles. The fourth-order valence-electron chi connectivity index (χ4n) is 3.19. The molecule has 0 saturated carbocycles. The van der Waals surface area contributed by atoms with E-state index in [1.165, 1.54) is 11.3 Å². The van der Waals surface area contributed by atoms with E-state index in [4.69, 9.17) is 9.26 Å². The van der Waals surface area contributed by atoms with Crippen molar-refractivity contribution in [3.05, 3.63) is 52.0 Å². The van der Waals surface area contributed by atoms with Crippen LogP contribution in [-0.4, -0.2) is 34.6 Å². The summed E-state index contributed by atoms with van der Waals surface area (Å²) >= 11 is 1.52. The molecule has 0 radical (unpaired) electrons. The van der Waals surface area contributed by atoms with Gasteiger partial charge in [-0.25, -0.2) is 0 Å². The zero-order valence-corrected chi connectivity index (χ0v) is 15.5. The highest BCUT2D eigenvalue weighted by Crippen LogP contribution is 2.34. The van der Waals surface area contributed by atoms with Gasteiger partial charge in [-0.1, -0.05) is 5.16 Å². The van der Waals surface area contributed by atoms with Crippen LogP contribution in [-0.2, 0) is 0 Å². The van der Waals surface area contributed by atoms with Crippen LogP contribution in [0.2, 0.25) is 0 Å². The van der Waals surface area contributed by atoms with Gasteiger partial charge in [0.15, 0.2) is 0 Å². The van der Waals surface area contributed by atoms with Crippen LogP contribution in [0.4, 0.5) is 0 Å². The van der Waals surface area contributed by atoms with E-state index in [2.05, 4.69) is 10.1 Å². The number of carbonyl (C=O) groups excluding carboxylic acids is 1. The normalized spacial score (nSPS) is 16.8. The van der Waals surface area contributed by atoms with Crippen LogP contribution in [0, 0.1) is 6.92 Å². The number of nitrogens with zero attached hydrogens (tertiary/aromatic N) is 3. The van der Waals surface area contributed by atoms with Crippen LogP contribution in [0.1, 0.15) is 39.3 Å². The van der Waals surface area contributed by atoms with E-state index in [0.29, 0.717) is 18.3 Å². The number of benzene rings is 1. The lowest BCUT2D eigenvalue weighted by atomic mass is 10.2. The Bertz CT molecular complexity index is 916. The van der Waals surface area contributed by atoms with Crippen molar-refractivity contribution in [2.45, 2.75) is 25.8 Å². The molecule has 2 aromatic heterocycles. The van der Waals surface area contributed by atoms with Crippen molar-refractivity contribution in [1.29, 1.82) is 0 Å². The summed E-state index contributed by atoms with van der Waals surface area (Å²) in [6.45, 7) is 2.71. The number of carbonyl (C=O) groups is 1. The van der Waals surface area contributed by atoms with E-state index in [9.17, 15) is 4.79 Å². The molecule has 1 aliphatic rings. The second-order valence-corrected chi connectivity index (χ2v) is 7.54. The zero-order chi connectivity index (χ0) is 18.1. The Morgan fingerprint density at radius 2 is 2.08 bits per heavy atom. The molecule has 3 aromatic rings. The lowest BCUT2D eigenvalue weighted by Gasteiger charge is -2.21. The topological polar surface area (TPSA) is 68.5 Å². The molecule has 0 N–H and O–H groups in total. The molecule has 26 heavy (non-hydrogen) atoms. The first-order valence-electron chi connectivity index (χ1n) is 8.51. The first-order chi connectivity index (χ1) is 12.7. The third kappa shape index (κ3) is 3.10. The van der Waals surface area contributed by atoms with Crippen LogP contribution in [0.3, 0.4) is 0 Å². The van der Waals surface area contributed by atoms with Gasteiger partial charge in [0.1, 0.15) is 11.8 Å². The summed E-state index contributed by atoms with van der Waals surface area (Å²) in [4.78, 5) is 21.1. The maximum Gasteiger partial charge on any atom is 0.264 e. The number of hydrogen-bond donors (Lipinski definition) is 0. The van der Waals surface area contributed by atoms with Gasteiger partial charge in [-0.2, -0.15) is 4.98 Å². The first kappa shape index (κ1) is 16.8. The monoisotopic (exact) mass is 369 g/mol. The number of thiophene rings is 1. The van der Waals surface area contributed by atoms with Gasteiger partial charge >= 0.3 is 0 Å². The highest BCUT2D eigenvalue weighted by molar-refractivity contribution is 7.13. The summed E-state index contributed by atoms with van der Waals surface area (Å²) in [5.74, 6) is 1.83. The number of aryl methyl sites for hydroxylation is 1. The summed E-state index contributed by atoms with van der Waals surface area (Å²) < 4.78 is 10.7. The molecule has 0 unspecified atom stereocenters. The second-order valence-electron chi connectivity index (χ2n) is 6.25. The molecule has 134 valence electrons. The Kier molecular flexibility index (Phi) is 4.46. The third-order valence-corrected chi connectivity index (χ3v) is 5.53. The van der Waals surface area contributed by atoms with Crippen LogP contribution in [0.25, 0.3) is 11.4 Å². The Morgan fingerprint density at radius 1 is 1.27 bits per heavy atom. The van der Waals surface area contributed by atoms with Crippen LogP contribution < -0.4 is 4.74 Å². The number of methoxy groups -OCH3 is 1. The van der Waals surface area contributed by atoms with E-state index < -0.39 is 0 Å².